The van der Waals surface area contributed by atoms with Gasteiger partial charge < -0.3 is 5.73 Å². The maximum atomic E-state index is 12.7. The second-order valence-electron chi connectivity index (χ2n) is 4.92. The third-order valence-corrected chi connectivity index (χ3v) is 4.93. The molecule has 2 N–H and O–H groups in total. The SMILES string of the molecule is Nc1cc(-c2ccccc2)nn1S(=O)(=O)c1cccc([N+](=O)[O-])c1. The van der Waals surface area contributed by atoms with E-state index < -0.39 is 14.9 Å². The van der Waals surface area contributed by atoms with Crippen LogP contribution in [-0.2, 0) is 10.0 Å². The Balaban J connectivity index is 2.10. The van der Waals surface area contributed by atoms with Crippen molar-refractivity contribution in [2.24, 2.45) is 0 Å². The quantitative estimate of drug-likeness (QED) is 0.572. The molecule has 0 bridgehead atoms. The molecule has 0 amide bonds. The van der Waals surface area contributed by atoms with Crippen LogP contribution in [0.3, 0.4) is 0 Å². The summed E-state index contributed by atoms with van der Waals surface area (Å²) in [5, 5.41) is 14.9. The van der Waals surface area contributed by atoms with Crippen molar-refractivity contribution in [1.82, 2.24) is 9.19 Å². The van der Waals surface area contributed by atoms with Gasteiger partial charge in [-0.3, -0.25) is 10.1 Å². The summed E-state index contributed by atoms with van der Waals surface area (Å²) in [4.78, 5) is 9.91. The number of nitrogens with zero attached hydrogens (tertiary/aromatic N) is 3. The molecule has 0 aliphatic carbocycles. The standard InChI is InChI=1S/C15H12N4O4S/c16-15-10-14(11-5-2-1-3-6-11)17-18(15)24(22,23)13-8-4-7-12(9-13)19(20)21/h1-10H,16H2. The minimum Gasteiger partial charge on any atom is -0.383 e. The lowest BCUT2D eigenvalue weighted by atomic mass is 10.2. The van der Waals surface area contributed by atoms with E-state index in [2.05, 4.69) is 5.10 Å². The van der Waals surface area contributed by atoms with Crippen molar-refractivity contribution < 1.29 is 13.3 Å². The molecule has 0 aliphatic heterocycles. The van der Waals surface area contributed by atoms with Gasteiger partial charge in [0.1, 0.15) is 5.82 Å². The number of nitro benzene ring substituents is 1. The highest BCUT2D eigenvalue weighted by atomic mass is 32.2. The van der Waals surface area contributed by atoms with Gasteiger partial charge in [-0.05, 0) is 6.07 Å². The Morgan fingerprint density at radius 1 is 1.04 bits per heavy atom. The summed E-state index contributed by atoms with van der Waals surface area (Å²) in [6.07, 6.45) is 0. The van der Waals surface area contributed by atoms with Crippen molar-refractivity contribution >= 4 is 21.5 Å². The molecule has 0 aliphatic rings. The summed E-state index contributed by atoms with van der Waals surface area (Å²) in [6, 6.07) is 15.1. The summed E-state index contributed by atoms with van der Waals surface area (Å²) < 4.78 is 26.0. The Labute approximate surface area is 137 Å². The van der Waals surface area contributed by atoms with E-state index in [0.29, 0.717) is 15.3 Å². The second kappa shape index (κ2) is 5.78. The molecule has 1 aromatic heterocycles. The van der Waals surface area contributed by atoms with Gasteiger partial charge in [0.2, 0.25) is 0 Å². The van der Waals surface area contributed by atoms with Crippen molar-refractivity contribution in [3.05, 3.63) is 70.8 Å². The third kappa shape index (κ3) is 2.72. The molecule has 24 heavy (non-hydrogen) atoms. The molecule has 1 heterocycles. The first kappa shape index (κ1) is 15.7. The zero-order valence-electron chi connectivity index (χ0n) is 12.2. The van der Waals surface area contributed by atoms with Gasteiger partial charge in [0.15, 0.2) is 0 Å². The number of benzene rings is 2. The van der Waals surface area contributed by atoms with Crippen LogP contribution in [0.5, 0.6) is 0 Å². The molecule has 0 saturated carbocycles. The number of hydrogen-bond donors (Lipinski definition) is 1. The molecule has 3 rings (SSSR count). The Morgan fingerprint density at radius 2 is 1.75 bits per heavy atom. The van der Waals surface area contributed by atoms with Crippen molar-refractivity contribution in [2.45, 2.75) is 4.90 Å². The first-order chi connectivity index (χ1) is 11.4. The number of aromatic nitrogens is 2. The van der Waals surface area contributed by atoms with Crippen LogP contribution >= 0.6 is 0 Å². The first-order valence-electron chi connectivity index (χ1n) is 6.80. The zero-order chi connectivity index (χ0) is 17.3. The first-order valence-corrected chi connectivity index (χ1v) is 8.24. The summed E-state index contributed by atoms with van der Waals surface area (Å²) in [5.74, 6) is -0.0830. The van der Waals surface area contributed by atoms with Gasteiger partial charge in [0.05, 0.1) is 15.5 Å². The lowest BCUT2D eigenvalue weighted by molar-refractivity contribution is -0.385. The minimum absolute atomic E-state index is 0.0830. The van der Waals surface area contributed by atoms with E-state index in [1.54, 1.807) is 24.3 Å². The highest BCUT2D eigenvalue weighted by molar-refractivity contribution is 7.90. The van der Waals surface area contributed by atoms with E-state index in [9.17, 15) is 18.5 Å². The lowest BCUT2D eigenvalue weighted by Gasteiger charge is -2.06. The predicted octanol–water partition coefficient (Wildman–Crippen LogP) is 2.28. The van der Waals surface area contributed by atoms with Crippen LogP contribution in [0.1, 0.15) is 0 Å². The van der Waals surface area contributed by atoms with E-state index >= 15 is 0 Å². The Kier molecular flexibility index (Phi) is 3.78. The van der Waals surface area contributed by atoms with Gasteiger partial charge in [-0.1, -0.05) is 36.4 Å². The van der Waals surface area contributed by atoms with Gasteiger partial charge in [0, 0.05) is 23.8 Å². The van der Waals surface area contributed by atoms with Gasteiger partial charge in [-0.2, -0.15) is 13.5 Å². The summed E-state index contributed by atoms with van der Waals surface area (Å²) in [5.41, 5.74) is 6.56. The molecule has 0 fully saturated rings. The molecular weight excluding hydrogens is 332 g/mol. The predicted molar refractivity (Wildman–Crippen MR) is 87.8 cm³/mol. The molecular formula is C15H12N4O4S. The number of nitrogens with two attached hydrogens (primary N) is 1. The average molecular weight is 344 g/mol. The number of anilines is 1. The van der Waals surface area contributed by atoms with E-state index in [0.717, 1.165) is 6.07 Å². The topological polar surface area (TPSA) is 121 Å². The van der Waals surface area contributed by atoms with Gasteiger partial charge >= 0.3 is 0 Å². The van der Waals surface area contributed by atoms with Crippen LogP contribution in [0, 0.1) is 10.1 Å². The van der Waals surface area contributed by atoms with Gasteiger partial charge in [-0.15, -0.1) is 4.09 Å². The maximum Gasteiger partial charge on any atom is 0.285 e. The zero-order valence-corrected chi connectivity index (χ0v) is 13.1. The van der Waals surface area contributed by atoms with E-state index in [1.165, 1.54) is 24.3 Å². The summed E-state index contributed by atoms with van der Waals surface area (Å²) >= 11 is 0. The molecule has 3 aromatic rings. The van der Waals surface area contributed by atoms with E-state index in [1.807, 2.05) is 6.07 Å². The van der Waals surface area contributed by atoms with Crippen LogP contribution in [0.15, 0.2) is 65.6 Å². The van der Waals surface area contributed by atoms with Crippen LogP contribution in [0.4, 0.5) is 11.5 Å². The van der Waals surface area contributed by atoms with Crippen molar-refractivity contribution in [2.75, 3.05) is 5.73 Å². The normalized spacial score (nSPS) is 11.3. The second-order valence-corrected chi connectivity index (χ2v) is 6.69. The van der Waals surface area contributed by atoms with Crippen molar-refractivity contribution in [3.8, 4) is 11.3 Å². The molecule has 9 heteroatoms. The number of nitrogen functional groups attached to an aromatic ring is 1. The fourth-order valence-electron chi connectivity index (χ4n) is 2.18. The van der Waals surface area contributed by atoms with Crippen LogP contribution < -0.4 is 5.73 Å². The third-order valence-electron chi connectivity index (χ3n) is 3.33. The molecule has 0 unspecified atom stereocenters. The molecule has 0 saturated heterocycles. The monoisotopic (exact) mass is 344 g/mol. The van der Waals surface area contributed by atoms with Crippen molar-refractivity contribution in [3.63, 3.8) is 0 Å². The fourth-order valence-corrected chi connectivity index (χ4v) is 3.43. The minimum atomic E-state index is -4.14. The highest BCUT2D eigenvalue weighted by Gasteiger charge is 2.23. The van der Waals surface area contributed by atoms with E-state index in [-0.39, 0.29) is 16.4 Å². The molecule has 122 valence electrons. The summed E-state index contributed by atoms with van der Waals surface area (Å²) in [7, 11) is -4.14. The molecule has 0 radical (unpaired) electrons. The Bertz CT molecular complexity index is 1010. The van der Waals surface area contributed by atoms with Crippen LogP contribution in [0.25, 0.3) is 11.3 Å². The highest BCUT2D eigenvalue weighted by Crippen LogP contribution is 2.25. The fraction of sp³-hybridized carbons (Fsp3) is 0. The molecule has 2 aromatic carbocycles. The number of rotatable bonds is 4. The average Bonchev–Trinajstić information content (AvgIpc) is 2.98. The molecule has 0 spiro atoms. The van der Waals surface area contributed by atoms with Gasteiger partial charge in [-0.25, -0.2) is 0 Å². The number of hydrogen-bond acceptors (Lipinski definition) is 6. The van der Waals surface area contributed by atoms with Crippen LogP contribution in [-0.4, -0.2) is 22.5 Å². The lowest BCUT2D eigenvalue weighted by Crippen LogP contribution is -2.17. The maximum absolute atomic E-state index is 12.7. The Morgan fingerprint density at radius 3 is 2.42 bits per heavy atom. The number of nitro groups is 1. The van der Waals surface area contributed by atoms with Gasteiger partial charge in [0.25, 0.3) is 15.7 Å². The van der Waals surface area contributed by atoms with E-state index in [4.69, 9.17) is 5.73 Å². The molecule has 8 nitrogen and oxygen atoms in total. The van der Waals surface area contributed by atoms with Crippen LogP contribution in [0.2, 0.25) is 0 Å². The largest absolute Gasteiger partial charge is 0.383 e. The smallest absolute Gasteiger partial charge is 0.285 e. The molecule has 0 atom stereocenters. The Hall–Kier alpha value is -3.20. The number of non-ortho nitro benzene ring substituents is 1. The van der Waals surface area contributed by atoms with Crippen molar-refractivity contribution in [1.29, 1.82) is 0 Å². The summed E-state index contributed by atoms with van der Waals surface area (Å²) in [6.45, 7) is 0.